The standard InChI is InChI=1S/C21H18ClFN2O3S/c22-17-5-1-15(2-6-17)13-14-24-21(26)16-3-9-19(10-4-16)25-29(27,28)20-11-7-18(23)8-12-20/h1-12,25H,13-14H2,(H,24,26). The zero-order valence-electron chi connectivity index (χ0n) is 15.2. The molecule has 0 saturated heterocycles. The fourth-order valence-corrected chi connectivity index (χ4v) is 3.78. The van der Waals surface area contributed by atoms with Crippen LogP contribution in [0.25, 0.3) is 0 Å². The van der Waals surface area contributed by atoms with Crippen molar-refractivity contribution in [3.63, 3.8) is 0 Å². The molecule has 0 aliphatic rings. The van der Waals surface area contributed by atoms with Crippen LogP contribution in [0.3, 0.4) is 0 Å². The van der Waals surface area contributed by atoms with E-state index in [0.717, 1.165) is 17.7 Å². The van der Waals surface area contributed by atoms with E-state index >= 15 is 0 Å². The van der Waals surface area contributed by atoms with Crippen molar-refractivity contribution in [2.75, 3.05) is 11.3 Å². The molecule has 0 heterocycles. The van der Waals surface area contributed by atoms with Crippen LogP contribution in [-0.4, -0.2) is 20.9 Å². The maximum Gasteiger partial charge on any atom is 0.261 e. The van der Waals surface area contributed by atoms with Crippen molar-refractivity contribution in [1.82, 2.24) is 5.32 Å². The lowest BCUT2D eigenvalue weighted by atomic mass is 10.1. The van der Waals surface area contributed by atoms with Gasteiger partial charge in [-0.15, -0.1) is 0 Å². The third-order valence-electron chi connectivity index (χ3n) is 4.14. The highest BCUT2D eigenvalue weighted by atomic mass is 35.5. The maximum atomic E-state index is 13.0. The molecule has 0 atom stereocenters. The molecule has 0 spiro atoms. The predicted octanol–water partition coefficient (Wildman–Crippen LogP) is 4.25. The Hall–Kier alpha value is -2.90. The van der Waals surface area contributed by atoms with Gasteiger partial charge < -0.3 is 5.32 Å². The van der Waals surface area contributed by atoms with E-state index in [2.05, 4.69) is 10.0 Å². The van der Waals surface area contributed by atoms with Crippen LogP contribution in [0.1, 0.15) is 15.9 Å². The Balaban J connectivity index is 1.56. The van der Waals surface area contributed by atoms with Crippen LogP contribution in [0, 0.1) is 5.82 Å². The molecular weight excluding hydrogens is 415 g/mol. The topological polar surface area (TPSA) is 75.3 Å². The molecule has 0 radical (unpaired) electrons. The third-order valence-corrected chi connectivity index (χ3v) is 5.78. The Labute approximate surface area is 173 Å². The molecule has 0 fully saturated rings. The van der Waals surface area contributed by atoms with E-state index in [1.54, 1.807) is 12.1 Å². The number of carbonyl (C=O) groups is 1. The van der Waals surface area contributed by atoms with Gasteiger partial charge in [-0.3, -0.25) is 9.52 Å². The van der Waals surface area contributed by atoms with Crippen LogP contribution >= 0.6 is 11.6 Å². The second-order valence-corrected chi connectivity index (χ2v) is 8.39. The second kappa shape index (κ2) is 9.07. The first-order chi connectivity index (χ1) is 13.8. The van der Waals surface area contributed by atoms with Crippen LogP contribution in [0.15, 0.2) is 77.7 Å². The Morgan fingerprint density at radius 3 is 2.14 bits per heavy atom. The zero-order valence-corrected chi connectivity index (χ0v) is 16.8. The Morgan fingerprint density at radius 1 is 0.897 bits per heavy atom. The number of rotatable bonds is 7. The van der Waals surface area contributed by atoms with Crippen LogP contribution in [-0.2, 0) is 16.4 Å². The highest BCUT2D eigenvalue weighted by molar-refractivity contribution is 7.92. The first-order valence-corrected chi connectivity index (χ1v) is 10.6. The molecule has 8 heteroatoms. The number of sulfonamides is 1. The molecule has 0 bridgehead atoms. The molecule has 3 aromatic rings. The molecule has 0 aliphatic carbocycles. The summed E-state index contributed by atoms with van der Waals surface area (Å²) < 4.78 is 40.0. The van der Waals surface area contributed by atoms with E-state index in [1.807, 2.05) is 12.1 Å². The highest BCUT2D eigenvalue weighted by Crippen LogP contribution is 2.17. The van der Waals surface area contributed by atoms with Crippen LogP contribution < -0.4 is 10.0 Å². The van der Waals surface area contributed by atoms with Gasteiger partial charge in [0.25, 0.3) is 15.9 Å². The lowest BCUT2D eigenvalue weighted by Crippen LogP contribution is -2.25. The molecule has 0 unspecified atom stereocenters. The monoisotopic (exact) mass is 432 g/mol. The van der Waals surface area contributed by atoms with Gasteiger partial charge in [-0.1, -0.05) is 23.7 Å². The summed E-state index contributed by atoms with van der Waals surface area (Å²) in [6, 6.07) is 17.9. The molecule has 0 aliphatic heterocycles. The van der Waals surface area contributed by atoms with Crippen molar-refractivity contribution in [3.05, 3.63) is 94.8 Å². The molecule has 0 saturated carbocycles. The Kier molecular flexibility index (Phi) is 6.51. The summed E-state index contributed by atoms with van der Waals surface area (Å²) in [5.74, 6) is -0.776. The number of halogens is 2. The maximum absolute atomic E-state index is 13.0. The minimum atomic E-state index is -3.84. The normalized spacial score (nSPS) is 11.1. The van der Waals surface area contributed by atoms with E-state index in [0.29, 0.717) is 29.2 Å². The lowest BCUT2D eigenvalue weighted by Gasteiger charge is -2.09. The van der Waals surface area contributed by atoms with Crippen molar-refractivity contribution in [2.45, 2.75) is 11.3 Å². The van der Waals surface area contributed by atoms with Gasteiger partial charge in [0.1, 0.15) is 5.82 Å². The van der Waals surface area contributed by atoms with Gasteiger partial charge in [-0.05, 0) is 72.6 Å². The van der Waals surface area contributed by atoms with Gasteiger partial charge in [0.2, 0.25) is 0 Å². The van der Waals surface area contributed by atoms with E-state index in [4.69, 9.17) is 11.6 Å². The number of hydrogen-bond donors (Lipinski definition) is 2. The number of carbonyl (C=O) groups excluding carboxylic acids is 1. The molecule has 3 rings (SSSR count). The quantitative estimate of drug-likeness (QED) is 0.586. The van der Waals surface area contributed by atoms with Gasteiger partial charge in [0.15, 0.2) is 0 Å². The largest absolute Gasteiger partial charge is 0.352 e. The Bertz CT molecular complexity index is 1080. The first-order valence-electron chi connectivity index (χ1n) is 8.74. The summed E-state index contributed by atoms with van der Waals surface area (Å²) in [4.78, 5) is 12.2. The first kappa shape index (κ1) is 20.8. The van der Waals surface area contributed by atoms with Gasteiger partial charge >= 0.3 is 0 Å². The summed E-state index contributed by atoms with van der Waals surface area (Å²) >= 11 is 5.84. The second-order valence-electron chi connectivity index (χ2n) is 6.27. The zero-order chi connectivity index (χ0) is 20.9. The number of benzene rings is 3. The molecule has 150 valence electrons. The molecule has 0 aromatic heterocycles. The minimum Gasteiger partial charge on any atom is -0.352 e. The fraction of sp³-hybridized carbons (Fsp3) is 0.0952. The smallest absolute Gasteiger partial charge is 0.261 e. The summed E-state index contributed by atoms with van der Waals surface area (Å²) in [5.41, 5.74) is 1.76. The third kappa shape index (κ3) is 5.79. The lowest BCUT2D eigenvalue weighted by molar-refractivity contribution is 0.0954. The van der Waals surface area contributed by atoms with E-state index in [-0.39, 0.29) is 10.8 Å². The fourth-order valence-electron chi connectivity index (χ4n) is 2.59. The van der Waals surface area contributed by atoms with E-state index < -0.39 is 15.8 Å². The number of nitrogens with one attached hydrogen (secondary N) is 2. The predicted molar refractivity (Wildman–Crippen MR) is 111 cm³/mol. The van der Waals surface area contributed by atoms with Crippen molar-refractivity contribution < 1.29 is 17.6 Å². The number of amides is 1. The molecule has 5 nitrogen and oxygen atoms in total. The highest BCUT2D eigenvalue weighted by Gasteiger charge is 2.14. The summed E-state index contributed by atoms with van der Waals surface area (Å²) in [5, 5.41) is 3.47. The van der Waals surface area contributed by atoms with Crippen LogP contribution in [0.2, 0.25) is 5.02 Å². The van der Waals surface area contributed by atoms with Crippen LogP contribution in [0.4, 0.5) is 10.1 Å². The molecule has 29 heavy (non-hydrogen) atoms. The summed E-state index contributed by atoms with van der Waals surface area (Å²) in [6.45, 7) is 0.458. The molecule has 2 N–H and O–H groups in total. The van der Waals surface area contributed by atoms with Crippen molar-refractivity contribution >= 4 is 33.2 Å². The van der Waals surface area contributed by atoms with Gasteiger partial charge in [0, 0.05) is 22.8 Å². The summed E-state index contributed by atoms with van der Waals surface area (Å²) in [6.07, 6.45) is 0.665. The average Bonchev–Trinajstić information content (AvgIpc) is 2.70. The van der Waals surface area contributed by atoms with Crippen molar-refractivity contribution in [3.8, 4) is 0 Å². The van der Waals surface area contributed by atoms with Gasteiger partial charge in [-0.2, -0.15) is 0 Å². The van der Waals surface area contributed by atoms with Gasteiger partial charge in [-0.25, -0.2) is 12.8 Å². The number of hydrogen-bond acceptors (Lipinski definition) is 3. The van der Waals surface area contributed by atoms with Crippen molar-refractivity contribution in [1.29, 1.82) is 0 Å². The Morgan fingerprint density at radius 2 is 1.52 bits per heavy atom. The van der Waals surface area contributed by atoms with E-state index in [9.17, 15) is 17.6 Å². The average molecular weight is 433 g/mol. The van der Waals surface area contributed by atoms with Crippen LogP contribution in [0.5, 0.6) is 0 Å². The summed E-state index contributed by atoms with van der Waals surface area (Å²) in [7, 11) is -3.84. The molecular formula is C21H18ClFN2O3S. The van der Waals surface area contributed by atoms with Crippen molar-refractivity contribution in [2.24, 2.45) is 0 Å². The minimum absolute atomic E-state index is 0.0529. The molecule has 1 amide bonds. The SMILES string of the molecule is O=C(NCCc1ccc(Cl)cc1)c1ccc(NS(=O)(=O)c2ccc(F)cc2)cc1. The molecule has 3 aromatic carbocycles. The number of anilines is 1. The van der Waals surface area contributed by atoms with E-state index in [1.165, 1.54) is 36.4 Å². The van der Waals surface area contributed by atoms with Gasteiger partial charge in [0.05, 0.1) is 4.90 Å².